The van der Waals surface area contributed by atoms with Crippen molar-refractivity contribution >= 4 is 0 Å². The SMILES string of the molecule is C=C(CC/C=C/C)CNC(=C)/C=C/CC(C)CC. The molecule has 0 saturated heterocycles. The van der Waals surface area contributed by atoms with Gasteiger partial charge in [0.05, 0.1) is 0 Å². The number of rotatable bonds is 10. The maximum Gasteiger partial charge on any atom is 0.0357 e. The Morgan fingerprint density at radius 2 is 2.00 bits per heavy atom. The van der Waals surface area contributed by atoms with E-state index in [1.165, 1.54) is 12.0 Å². The van der Waals surface area contributed by atoms with Crippen molar-refractivity contribution < 1.29 is 0 Å². The van der Waals surface area contributed by atoms with Crippen molar-refractivity contribution in [2.75, 3.05) is 6.54 Å². The fourth-order valence-electron chi connectivity index (χ4n) is 1.45. The molecule has 0 rings (SSSR count). The van der Waals surface area contributed by atoms with Gasteiger partial charge in [0.15, 0.2) is 0 Å². The highest BCUT2D eigenvalue weighted by Gasteiger charge is 1.95. The van der Waals surface area contributed by atoms with Crippen molar-refractivity contribution in [3.63, 3.8) is 0 Å². The Kier molecular flexibility index (Phi) is 10.1. The van der Waals surface area contributed by atoms with E-state index >= 15 is 0 Å². The predicted molar refractivity (Wildman–Crippen MR) is 83.5 cm³/mol. The topological polar surface area (TPSA) is 12.0 Å². The summed E-state index contributed by atoms with van der Waals surface area (Å²) in [6.07, 6.45) is 13.0. The average Bonchev–Trinajstić information content (AvgIpc) is 2.36. The molecule has 1 heteroatoms. The molecule has 0 aromatic heterocycles. The van der Waals surface area contributed by atoms with E-state index in [9.17, 15) is 0 Å². The van der Waals surface area contributed by atoms with Crippen molar-refractivity contribution in [3.05, 3.63) is 48.7 Å². The smallest absolute Gasteiger partial charge is 0.0357 e. The first-order valence-electron chi connectivity index (χ1n) is 6.97. The molecule has 1 N–H and O–H groups in total. The lowest BCUT2D eigenvalue weighted by atomic mass is 10.1. The second-order valence-corrected chi connectivity index (χ2v) is 4.89. The van der Waals surface area contributed by atoms with Crippen LogP contribution in [0.4, 0.5) is 0 Å². The summed E-state index contributed by atoms with van der Waals surface area (Å²) in [7, 11) is 0. The number of hydrogen-bond acceptors (Lipinski definition) is 1. The van der Waals surface area contributed by atoms with Gasteiger partial charge in [0.1, 0.15) is 0 Å². The van der Waals surface area contributed by atoms with Crippen LogP contribution in [0.15, 0.2) is 48.7 Å². The van der Waals surface area contributed by atoms with Crippen molar-refractivity contribution in [1.82, 2.24) is 5.32 Å². The molecule has 102 valence electrons. The van der Waals surface area contributed by atoms with E-state index in [-0.39, 0.29) is 0 Å². The third-order valence-corrected chi connectivity index (χ3v) is 3.02. The lowest BCUT2D eigenvalue weighted by Crippen LogP contribution is -2.14. The predicted octanol–water partition coefficient (Wildman–Crippen LogP) is 4.99. The van der Waals surface area contributed by atoms with E-state index in [1.54, 1.807) is 0 Å². The van der Waals surface area contributed by atoms with Crippen molar-refractivity contribution in [2.45, 2.75) is 46.5 Å². The molecule has 1 unspecified atom stereocenters. The van der Waals surface area contributed by atoms with Gasteiger partial charge in [-0.2, -0.15) is 0 Å². The van der Waals surface area contributed by atoms with Gasteiger partial charge in [-0.05, 0) is 38.2 Å². The first kappa shape index (κ1) is 16.8. The van der Waals surface area contributed by atoms with Crippen molar-refractivity contribution in [3.8, 4) is 0 Å². The zero-order chi connectivity index (χ0) is 13.8. The lowest BCUT2D eigenvalue weighted by molar-refractivity contribution is 0.571. The zero-order valence-corrected chi connectivity index (χ0v) is 12.3. The van der Waals surface area contributed by atoms with Crippen LogP contribution >= 0.6 is 0 Å². The number of hydrogen-bond donors (Lipinski definition) is 1. The Morgan fingerprint density at radius 3 is 2.61 bits per heavy atom. The van der Waals surface area contributed by atoms with Crippen LogP contribution in [0.5, 0.6) is 0 Å². The van der Waals surface area contributed by atoms with Crippen LogP contribution in [0.3, 0.4) is 0 Å². The summed E-state index contributed by atoms with van der Waals surface area (Å²) in [5, 5.41) is 3.30. The van der Waals surface area contributed by atoms with Gasteiger partial charge < -0.3 is 5.32 Å². The van der Waals surface area contributed by atoms with Crippen molar-refractivity contribution in [1.29, 1.82) is 0 Å². The standard InChI is InChI=1S/C17H29N/c1-6-8-9-11-16(4)14-18-17(5)13-10-12-15(3)7-2/h6,8,10,13,15,18H,4-5,7,9,11-12,14H2,1-3H3/b8-6+,13-10+. The van der Waals surface area contributed by atoms with Crippen LogP contribution < -0.4 is 5.32 Å². The highest BCUT2D eigenvalue weighted by Crippen LogP contribution is 2.07. The van der Waals surface area contributed by atoms with E-state index in [4.69, 9.17) is 0 Å². The largest absolute Gasteiger partial charge is 0.382 e. The molecular formula is C17H29N. The summed E-state index contributed by atoms with van der Waals surface area (Å²) >= 11 is 0. The molecule has 0 amide bonds. The van der Waals surface area contributed by atoms with Gasteiger partial charge in [-0.25, -0.2) is 0 Å². The molecule has 0 fully saturated rings. The maximum absolute atomic E-state index is 4.06. The highest BCUT2D eigenvalue weighted by molar-refractivity contribution is 5.14. The summed E-state index contributed by atoms with van der Waals surface area (Å²) in [5.41, 5.74) is 2.20. The molecule has 0 saturated carbocycles. The Balaban J connectivity index is 3.72. The van der Waals surface area contributed by atoms with Crippen LogP contribution in [0.2, 0.25) is 0 Å². The van der Waals surface area contributed by atoms with Crippen LogP contribution in [-0.4, -0.2) is 6.54 Å². The minimum Gasteiger partial charge on any atom is -0.382 e. The second-order valence-electron chi connectivity index (χ2n) is 4.89. The highest BCUT2D eigenvalue weighted by atomic mass is 14.9. The molecule has 0 bridgehead atoms. The molecule has 0 aliphatic heterocycles. The molecule has 1 atom stereocenters. The molecule has 0 radical (unpaired) electrons. The molecular weight excluding hydrogens is 218 g/mol. The van der Waals surface area contributed by atoms with Gasteiger partial charge in [0, 0.05) is 12.2 Å². The molecule has 0 aliphatic rings. The van der Waals surface area contributed by atoms with Gasteiger partial charge in [0.25, 0.3) is 0 Å². The zero-order valence-electron chi connectivity index (χ0n) is 12.3. The third-order valence-electron chi connectivity index (χ3n) is 3.02. The minimum atomic E-state index is 0.754. The fraction of sp³-hybridized carbons (Fsp3) is 0.529. The Morgan fingerprint density at radius 1 is 1.28 bits per heavy atom. The number of allylic oxidation sites excluding steroid dienone is 4. The summed E-state index contributed by atoms with van der Waals surface area (Å²) < 4.78 is 0. The molecule has 0 aromatic rings. The van der Waals surface area contributed by atoms with E-state index in [0.717, 1.165) is 37.4 Å². The molecule has 0 heterocycles. The number of nitrogens with one attached hydrogen (secondary N) is 1. The summed E-state index contributed by atoms with van der Waals surface area (Å²) in [4.78, 5) is 0. The van der Waals surface area contributed by atoms with Crippen LogP contribution in [0.1, 0.15) is 46.5 Å². The average molecular weight is 247 g/mol. The summed E-state index contributed by atoms with van der Waals surface area (Å²) in [6, 6.07) is 0. The minimum absolute atomic E-state index is 0.754. The van der Waals surface area contributed by atoms with Gasteiger partial charge in [-0.3, -0.25) is 0 Å². The summed E-state index contributed by atoms with van der Waals surface area (Å²) in [5.74, 6) is 0.754. The third kappa shape index (κ3) is 9.95. The molecule has 1 nitrogen and oxygen atoms in total. The van der Waals surface area contributed by atoms with E-state index in [2.05, 4.69) is 56.6 Å². The molecule has 18 heavy (non-hydrogen) atoms. The second kappa shape index (κ2) is 10.9. The first-order valence-corrected chi connectivity index (χ1v) is 6.97. The Hall–Kier alpha value is -1.24. The van der Waals surface area contributed by atoms with Gasteiger partial charge in [-0.1, -0.05) is 57.2 Å². The molecule has 0 aromatic carbocycles. The normalized spacial score (nSPS) is 13.1. The summed E-state index contributed by atoms with van der Waals surface area (Å²) in [6.45, 7) is 15.4. The maximum atomic E-state index is 4.06. The van der Waals surface area contributed by atoms with Gasteiger partial charge in [0.2, 0.25) is 0 Å². The van der Waals surface area contributed by atoms with Crippen molar-refractivity contribution in [2.24, 2.45) is 5.92 Å². The monoisotopic (exact) mass is 247 g/mol. The first-order chi connectivity index (χ1) is 8.60. The van der Waals surface area contributed by atoms with Crippen LogP contribution in [0, 0.1) is 5.92 Å². The Bertz CT molecular complexity index is 297. The Labute approximate surface area is 113 Å². The van der Waals surface area contributed by atoms with Gasteiger partial charge >= 0.3 is 0 Å². The molecule has 0 spiro atoms. The lowest BCUT2D eigenvalue weighted by Gasteiger charge is -2.08. The fourth-order valence-corrected chi connectivity index (χ4v) is 1.45. The van der Waals surface area contributed by atoms with E-state index in [0.29, 0.717) is 0 Å². The van der Waals surface area contributed by atoms with Gasteiger partial charge in [-0.15, -0.1) is 0 Å². The van der Waals surface area contributed by atoms with E-state index in [1.807, 2.05) is 6.92 Å². The molecule has 0 aliphatic carbocycles. The van der Waals surface area contributed by atoms with E-state index < -0.39 is 0 Å². The van der Waals surface area contributed by atoms with Crippen LogP contribution in [-0.2, 0) is 0 Å². The quantitative estimate of drug-likeness (QED) is 0.423. The van der Waals surface area contributed by atoms with Crippen LogP contribution in [0.25, 0.3) is 0 Å².